The first-order chi connectivity index (χ1) is 9.95. The number of rotatable bonds is 2. The summed E-state index contributed by atoms with van der Waals surface area (Å²) < 4.78 is 0. The normalized spacial score (nSPS) is 34.5. The van der Waals surface area contributed by atoms with E-state index in [9.17, 15) is 19.8 Å². The van der Waals surface area contributed by atoms with Gasteiger partial charge < -0.3 is 20.4 Å². The zero-order valence-corrected chi connectivity index (χ0v) is 12.3. The van der Waals surface area contributed by atoms with Gasteiger partial charge in [0.25, 0.3) is 0 Å². The van der Waals surface area contributed by atoms with E-state index in [0.717, 1.165) is 32.1 Å². The van der Waals surface area contributed by atoms with Gasteiger partial charge in [-0.2, -0.15) is 0 Å². The molecule has 1 saturated heterocycles. The number of carbonyl (C=O) groups excluding carboxylic acids is 1. The highest BCUT2D eigenvalue weighted by Gasteiger charge is 2.48. The number of urea groups is 1. The minimum absolute atomic E-state index is 0.132. The molecule has 0 aromatic heterocycles. The van der Waals surface area contributed by atoms with E-state index in [1.165, 1.54) is 0 Å². The molecule has 3 fully saturated rings. The molecular formula is C15H24N2O4. The Morgan fingerprint density at radius 1 is 1.10 bits per heavy atom. The van der Waals surface area contributed by atoms with Crippen molar-refractivity contribution in [3.05, 3.63) is 0 Å². The van der Waals surface area contributed by atoms with Crippen LogP contribution in [-0.4, -0.2) is 51.3 Å². The molecule has 0 spiro atoms. The first-order valence-electron chi connectivity index (χ1n) is 7.98. The molecule has 118 valence electrons. The summed E-state index contributed by atoms with van der Waals surface area (Å²) >= 11 is 0. The SMILES string of the molecule is O=C(NC1(C(=O)O)CCC1)N1CCC2(O)CCCCC2C1. The van der Waals surface area contributed by atoms with Gasteiger partial charge in [-0.25, -0.2) is 9.59 Å². The summed E-state index contributed by atoms with van der Waals surface area (Å²) in [5, 5.41) is 22.6. The molecule has 2 unspecified atom stereocenters. The molecule has 6 nitrogen and oxygen atoms in total. The summed E-state index contributed by atoms with van der Waals surface area (Å²) in [6.07, 6.45) is 6.39. The van der Waals surface area contributed by atoms with Crippen LogP contribution in [0.15, 0.2) is 0 Å². The molecule has 6 heteroatoms. The van der Waals surface area contributed by atoms with Crippen molar-refractivity contribution in [3.8, 4) is 0 Å². The lowest BCUT2D eigenvalue weighted by Gasteiger charge is -2.48. The predicted octanol–water partition coefficient (Wildman–Crippen LogP) is 1.33. The summed E-state index contributed by atoms with van der Waals surface area (Å²) in [5.74, 6) is -0.804. The molecule has 1 heterocycles. The van der Waals surface area contributed by atoms with E-state index < -0.39 is 17.1 Å². The van der Waals surface area contributed by atoms with E-state index >= 15 is 0 Å². The van der Waals surface area contributed by atoms with Gasteiger partial charge in [0.15, 0.2) is 0 Å². The smallest absolute Gasteiger partial charge is 0.329 e. The summed E-state index contributed by atoms with van der Waals surface area (Å²) in [6, 6.07) is -0.287. The first kappa shape index (κ1) is 14.6. The average Bonchev–Trinajstić information content (AvgIpc) is 2.41. The van der Waals surface area contributed by atoms with E-state index in [2.05, 4.69) is 5.32 Å². The van der Waals surface area contributed by atoms with Crippen molar-refractivity contribution >= 4 is 12.0 Å². The van der Waals surface area contributed by atoms with Crippen LogP contribution in [0.2, 0.25) is 0 Å². The lowest BCUT2D eigenvalue weighted by Crippen LogP contribution is -2.64. The Balaban J connectivity index is 1.62. The standard InChI is InChI=1S/C15H24N2O4/c18-12(19)14(5-3-6-14)16-13(20)17-9-8-15(21)7-2-1-4-11(15)10-17/h11,21H,1-10H2,(H,16,20)(H,18,19). The monoisotopic (exact) mass is 296 g/mol. The number of nitrogens with one attached hydrogen (secondary N) is 1. The number of carboxylic acid groups (broad SMARTS) is 1. The maximum Gasteiger partial charge on any atom is 0.329 e. The average molecular weight is 296 g/mol. The summed E-state index contributed by atoms with van der Waals surface area (Å²) in [4.78, 5) is 25.4. The van der Waals surface area contributed by atoms with Crippen LogP contribution in [0.1, 0.15) is 51.4 Å². The second kappa shape index (κ2) is 5.16. The van der Waals surface area contributed by atoms with Gasteiger partial charge in [0.1, 0.15) is 5.54 Å². The number of aliphatic carboxylic acids is 1. The molecule has 0 aromatic carbocycles. The van der Waals surface area contributed by atoms with Crippen LogP contribution in [0.5, 0.6) is 0 Å². The molecule has 2 amide bonds. The Bertz CT molecular complexity index is 449. The number of aliphatic hydroxyl groups is 1. The molecule has 3 aliphatic rings. The Kier molecular flexibility index (Phi) is 3.59. The number of hydrogen-bond donors (Lipinski definition) is 3. The minimum atomic E-state index is -1.06. The number of piperidine rings is 1. The van der Waals surface area contributed by atoms with Crippen LogP contribution in [0.25, 0.3) is 0 Å². The highest BCUT2D eigenvalue weighted by molar-refractivity contribution is 5.87. The number of carbonyl (C=O) groups is 2. The van der Waals surface area contributed by atoms with Gasteiger partial charge in [-0.3, -0.25) is 0 Å². The van der Waals surface area contributed by atoms with Crippen molar-refractivity contribution in [3.63, 3.8) is 0 Å². The summed E-state index contributed by atoms with van der Waals surface area (Å²) in [5.41, 5.74) is -1.67. The number of likely N-dealkylation sites (tertiary alicyclic amines) is 1. The van der Waals surface area contributed by atoms with Crippen molar-refractivity contribution in [1.82, 2.24) is 10.2 Å². The Morgan fingerprint density at radius 3 is 2.48 bits per heavy atom. The van der Waals surface area contributed by atoms with Crippen molar-refractivity contribution in [2.75, 3.05) is 13.1 Å². The maximum absolute atomic E-state index is 12.4. The third-order valence-electron chi connectivity index (χ3n) is 5.68. The fraction of sp³-hybridized carbons (Fsp3) is 0.867. The number of hydrogen-bond acceptors (Lipinski definition) is 3. The van der Waals surface area contributed by atoms with Crippen LogP contribution < -0.4 is 5.32 Å². The van der Waals surface area contributed by atoms with Crippen molar-refractivity contribution in [2.24, 2.45) is 5.92 Å². The van der Waals surface area contributed by atoms with Gasteiger partial charge in [0.2, 0.25) is 0 Å². The van der Waals surface area contributed by atoms with Crippen LogP contribution in [0.3, 0.4) is 0 Å². The van der Waals surface area contributed by atoms with E-state index in [1.807, 2.05) is 0 Å². The first-order valence-corrected chi connectivity index (χ1v) is 7.98. The van der Waals surface area contributed by atoms with Crippen molar-refractivity contribution < 1.29 is 19.8 Å². The summed E-state index contributed by atoms with van der Waals surface area (Å²) in [7, 11) is 0. The van der Waals surface area contributed by atoms with E-state index in [1.54, 1.807) is 4.90 Å². The second-order valence-electron chi connectivity index (χ2n) is 6.91. The van der Waals surface area contributed by atoms with Gasteiger partial charge in [0.05, 0.1) is 5.60 Å². The molecule has 0 bridgehead atoms. The highest BCUT2D eigenvalue weighted by Crippen LogP contribution is 2.40. The third kappa shape index (κ3) is 2.50. The van der Waals surface area contributed by atoms with Crippen molar-refractivity contribution in [2.45, 2.75) is 62.5 Å². The van der Waals surface area contributed by atoms with Gasteiger partial charge in [-0.15, -0.1) is 0 Å². The number of amides is 2. The van der Waals surface area contributed by atoms with E-state index in [-0.39, 0.29) is 11.9 Å². The Morgan fingerprint density at radius 2 is 1.86 bits per heavy atom. The number of nitrogens with zero attached hydrogens (tertiary/aromatic N) is 1. The molecule has 1 aliphatic heterocycles. The maximum atomic E-state index is 12.4. The highest BCUT2D eigenvalue weighted by atomic mass is 16.4. The van der Waals surface area contributed by atoms with Crippen LogP contribution in [0, 0.1) is 5.92 Å². The van der Waals surface area contributed by atoms with E-state index in [4.69, 9.17) is 0 Å². The van der Waals surface area contributed by atoms with Crippen LogP contribution in [-0.2, 0) is 4.79 Å². The molecule has 3 N–H and O–H groups in total. The molecule has 3 rings (SSSR count). The quantitative estimate of drug-likeness (QED) is 0.717. The number of carboxylic acids is 1. The van der Waals surface area contributed by atoms with Crippen molar-refractivity contribution in [1.29, 1.82) is 0 Å². The van der Waals surface area contributed by atoms with Gasteiger partial charge in [-0.05, 0) is 38.5 Å². The minimum Gasteiger partial charge on any atom is -0.480 e. The van der Waals surface area contributed by atoms with Crippen LogP contribution in [0.4, 0.5) is 4.79 Å². The largest absolute Gasteiger partial charge is 0.480 e. The molecular weight excluding hydrogens is 272 g/mol. The van der Waals surface area contributed by atoms with Gasteiger partial charge >= 0.3 is 12.0 Å². The molecule has 2 aliphatic carbocycles. The van der Waals surface area contributed by atoms with Crippen LogP contribution >= 0.6 is 0 Å². The predicted molar refractivity (Wildman–Crippen MR) is 75.8 cm³/mol. The lowest BCUT2D eigenvalue weighted by atomic mass is 9.71. The molecule has 0 aromatic rings. The summed E-state index contributed by atoms with van der Waals surface area (Å²) in [6.45, 7) is 1.05. The fourth-order valence-electron chi connectivity index (χ4n) is 3.96. The third-order valence-corrected chi connectivity index (χ3v) is 5.68. The van der Waals surface area contributed by atoms with Gasteiger partial charge in [0, 0.05) is 19.0 Å². The lowest BCUT2D eigenvalue weighted by molar-refractivity contribution is -0.148. The van der Waals surface area contributed by atoms with E-state index in [0.29, 0.717) is 32.4 Å². The number of fused-ring (bicyclic) bond motifs is 1. The Labute approximate surface area is 124 Å². The fourth-order valence-corrected chi connectivity index (χ4v) is 3.96. The zero-order chi connectivity index (χ0) is 15.1. The second-order valence-corrected chi connectivity index (χ2v) is 6.91. The van der Waals surface area contributed by atoms with Gasteiger partial charge in [-0.1, -0.05) is 12.8 Å². The topological polar surface area (TPSA) is 89.9 Å². The molecule has 2 saturated carbocycles. The Hall–Kier alpha value is -1.30. The molecule has 21 heavy (non-hydrogen) atoms. The molecule has 2 atom stereocenters. The molecule has 0 radical (unpaired) electrons. The zero-order valence-electron chi connectivity index (χ0n) is 12.3.